The zero-order valence-corrected chi connectivity index (χ0v) is 15.2. The van der Waals surface area contributed by atoms with Crippen molar-refractivity contribution in [1.29, 1.82) is 0 Å². The van der Waals surface area contributed by atoms with Crippen LogP contribution in [0.4, 0.5) is 0 Å². The Bertz CT molecular complexity index is 452. The van der Waals surface area contributed by atoms with Crippen LogP contribution in [0.1, 0.15) is 40.0 Å². The highest BCUT2D eigenvalue weighted by Gasteiger charge is 2.29. The highest BCUT2D eigenvalue weighted by Crippen LogP contribution is 2.17. The average molecular weight is 342 g/mol. The number of hydrogen-bond acceptors (Lipinski definition) is 4. The molecule has 1 fully saturated rings. The Morgan fingerprint density at radius 2 is 1.96 bits per heavy atom. The van der Waals surface area contributed by atoms with Crippen molar-refractivity contribution in [2.75, 3.05) is 33.3 Å². The van der Waals surface area contributed by atoms with E-state index in [-0.39, 0.29) is 24.9 Å². The predicted molar refractivity (Wildman–Crippen MR) is 89.4 cm³/mol. The highest BCUT2D eigenvalue weighted by atomic mass is 16.5. The Balaban J connectivity index is 2.44. The molecule has 1 N–H and O–H groups in total. The second-order valence-electron chi connectivity index (χ2n) is 6.91. The molecule has 0 bridgehead atoms. The van der Waals surface area contributed by atoms with E-state index < -0.39 is 18.0 Å². The van der Waals surface area contributed by atoms with Gasteiger partial charge in [-0.1, -0.05) is 13.8 Å². The molecule has 0 aromatic carbocycles. The number of likely N-dealkylation sites (tertiary alicyclic amines) is 1. The summed E-state index contributed by atoms with van der Waals surface area (Å²) in [6.07, 6.45) is 1.56. The van der Waals surface area contributed by atoms with Gasteiger partial charge in [-0.15, -0.1) is 0 Å². The fourth-order valence-electron chi connectivity index (χ4n) is 2.65. The molecule has 1 heterocycles. The van der Waals surface area contributed by atoms with Gasteiger partial charge in [-0.2, -0.15) is 0 Å². The van der Waals surface area contributed by atoms with Gasteiger partial charge in [0.05, 0.1) is 12.5 Å². The third-order valence-corrected chi connectivity index (χ3v) is 4.28. The number of hydrogen-bond donors (Lipinski definition) is 1. The number of rotatable bonds is 8. The summed E-state index contributed by atoms with van der Waals surface area (Å²) in [4.78, 5) is 38.5. The van der Waals surface area contributed by atoms with Gasteiger partial charge in [-0.05, 0) is 32.1 Å². The van der Waals surface area contributed by atoms with E-state index >= 15 is 0 Å². The van der Waals surface area contributed by atoms with E-state index in [0.29, 0.717) is 31.9 Å². The molecule has 2 unspecified atom stereocenters. The summed E-state index contributed by atoms with van der Waals surface area (Å²) in [6, 6.07) is 0. The first-order chi connectivity index (χ1) is 11.2. The molecular formula is C17H30N2O5. The Morgan fingerprint density at radius 3 is 2.54 bits per heavy atom. The van der Waals surface area contributed by atoms with Crippen molar-refractivity contribution in [1.82, 2.24) is 9.80 Å². The summed E-state index contributed by atoms with van der Waals surface area (Å²) in [5.74, 6) is -1.33. The zero-order chi connectivity index (χ0) is 18.3. The fraction of sp³-hybridized carbons (Fsp3) is 0.824. The molecule has 0 aromatic rings. The molecule has 7 nitrogen and oxygen atoms in total. The summed E-state index contributed by atoms with van der Waals surface area (Å²) in [5, 5.41) is 9.08. The maximum Gasteiger partial charge on any atom is 0.308 e. The molecule has 1 aliphatic rings. The Hall–Kier alpha value is -1.63. The van der Waals surface area contributed by atoms with Crippen LogP contribution in [0.3, 0.4) is 0 Å². The normalized spacial score (nSPS) is 19.2. The number of likely N-dealkylation sites (N-methyl/N-ethyl adjacent to an activating group) is 1. The van der Waals surface area contributed by atoms with Crippen molar-refractivity contribution in [3.63, 3.8) is 0 Å². The van der Waals surface area contributed by atoms with E-state index in [1.54, 1.807) is 14.0 Å². The van der Waals surface area contributed by atoms with E-state index in [2.05, 4.69) is 13.8 Å². The highest BCUT2D eigenvalue weighted by molar-refractivity contribution is 5.87. The minimum Gasteiger partial charge on any atom is -0.481 e. The van der Waals surface area contributed by atoms with Gasteiger partial charge in [0, 0.05) is 26.7 Å². The van der Waals surface area contributed by atoms with Gasteiger partial charge in [0.1, 0.15) is 6.10 Å². The van der Waals surface area contributed by atoms with E-state index in [1.807, 2.05) is 0 Å². The molecule has 0 saturated carbocycles. The van der Waals surface area contributed by atoms with E-state index in [9.17, 15) is 14.4 Å². The number of amides is 2. The number of carboxylic acid groups (broad SMARTS) is 1. The fourth-order valence-corrected chi connectivity index (χ4v) is 2.65. The maximum atomic E-state index is 12.3. The minimum absolute atomic E-state index is 0.0525. The number of ether oxygens (including phenoxy) is 1. The molecular weight excluding hydrogens is 312 g/mol. The van der Waals surface area contributed by atoms with Crippen LogP contribution in [0.5, 0.6) is 0 Å². The molecule has 0 radical (unpaired) electrons. The Morgan fingerprint density at radius 1 is 1.29 bits per heavy atom. The standard InChI is InChI=1S/C17H30N2O5/c1-12(2)7-9-24-13(3)16(21)18(4)11-15(20)19-8-5-6-14(10-19)17(22)23/h12-14H,5-11H2,1-4H3,(H,22,23). The van der Waals surface area contributed by atoms with Crippen molar-refractivity contribution >= 4 is 17.8 Å². The Labute approximate surface area is 143 Å². The lowest BCUT2D eigenvalue weighted by Gasteiger charge is -2.32. The molecule has 2 amide bonds. The van der Waals surface area contributed by atoms with Gasteiger partial charge >= 0.3 is 5.97 Å². The van der Waals surface area contributed by atoms with Crippen molar-refractivity contribution < 1.29 is 24.2 Å². The van der Waals surface area contributed by atoms with E-state index in [1.165, 1.54) is 9.80 Å². The number of carbonyl (C=O) groups is 3. The van der Waals surface area contributed by atoms with Crippen molar-refractivity contribution in [2.24, 2.45) is 11.8 Å². The lowest BCUT2D eigenvalue weighted by atomic mass is 9.98. The van der Waals surface area contributed by atoms with Gasteiger partial charge in [0.2, 0.25) is 5.91 Å². The van der Waals surface area contributed by atoms with Crippen LogP contribution in [0.2, 0.25) is 0 Å². The van der Waals surface area contributed by atoms with E-state index in [4.69, 9.17) is 9.84 Å². The first kappa shape index (κ1) is 20.4. The first-order valence-electron chi connectivity index (χ1n) is 8.59. The lowest BCUT2D eigenvalue weighted by Crippen LogP contribution is -2.48. The summed E-state index contributed by atoms with van der Waals surface area (Å²) >= 11 is 0. The van der Waals surface area contributed by atoms with Crippen LogP contribution in [-0.4, -0.2) is 72.1 Å². The molecule has 0 aromatic heterocycles. The zero-order valence-electron chi connectivity index (χ0n) is 15.2. The number of nitrogens with zero attached hydrogens (tertiary/aromatic N) is 2. The molecule has 2 atom stereocenters. The maximum absolute atomic E-state index is 12.3. The van der Waals surface area contributed by atoms with Crippen LogP contribution in [0, 0.1) is 11.8 Å². The number of carboxylic acids is 1. The largest absolute Gasteiger partial charge is 0.481 e. The summed E-state index contributed by atoms with van der Waals surface area (Å²) < 4.78 is 5.52. The second-order valence-corrected chi connectivity index (χ2v) is 6.91. The van der Waals surface area contributed by atoms with E-state index in [0.717, 1.165) is 6.42 Å². The monoisotopic (exact) mass is 342 g/mol. The third-order valence-electron chi connectivity index (χ3n) is 4.28. The average Bonchev–Trinajstić information content (AvgIpc) is 2.53. The van der Waals surface area contributed by atoms with Gasteiger partial charge in [-0.25, -0.2) is 0 Å². The molecule has 0 aliphatic carbocycles. The van der Waals surface area contributed by atoms with Gasteiger partial charge in [-0.3, -0.25) is 14.4 Å². The SMILES string of the molecule is CC(C)CCOC(C)C(=O)N(C)CC(=O)N1CCCC(C(=O)O)C1. The lowest BCUT2D eigenvalue weighted by molar-refractivity contribution is -0.149. The number of carbonyl (C=O) groups excluding carboxylic acids is 2. The summed E-state index contributed by atoms with van der Waals surface area (Å²) in [5.41, 5.74) is 0. The summed E-state index contributed by atoms with van der Waals surface area (Å²) in [6.45, 7) is 7.09. The van der Waals surface area contributed by atoms with Crippen molar-refractivity contribution in [2.45, 2.75) is 46.1 Å². The molecule has 0 spiro atoms. The van der Waals surface area contributed by atoms with Gasteiger partial charge in [0.15, 0.2) is 0 Å². The molecule has 138 valence electrons. The second kappa shape index (κ2) is 9.61. The molecule has 1 rings (SSSR count). The van der Waals surface area contributed by atoms with Crippen LogP contribution >= 0.6 is 0 Å². The molecule has 7 heteroatoms. The molecule has 1 aliphatic heterocycles. The smallest absolute Gasteiger partial charge is 0.308 e. The quantitative estimate of drug-likeness (QED) is 0.717. The topological polar surface area (TPSA) is 87.2 Å². The minimum atomic E-state index is -0.871. The van der Waals surface area contributed by atoms with Gasteiger partial charge < -0.3 is 19.6 Å². The van der Waals surface area contributed by atoms with Crippen molar-refractivity contribution in [3.8, 4) is 0 Å². The van der Waals surface area contributed by atoms with Crippen LogP contribution in [-0.2, 0) is 19.1 Å². The van der Waals surface area contributed by atoms with Crippen molar-refractivity contribution in [3.05, 3.63) is 0 Å². The van der Waals surface area contributed by atoms with Crippen LogP contribution in [0.15, 0.2) is 0 Å². The van der Waals surface area contributed by atoms with Gasteiger partial charge in [0.25, 0.3) is 5.91 Å². The van der Waals surface area contributed by atoms with Crippen LogP contribution < -0.4 is 0 Å². The molecule has 24 heavy (non-hydrogen) atoms. The van der Waals surface area contributed by atoms with Crippen LogP contribution in [0.25, 0.3) is 0 Å². The third kappa shape index (κ3) is 6.47. The number of piperidine rings is 1. The predicted octanol–water partition coefficient (Wildman–Crippen LogP) is 1.22. The first-order valence-corrected chi connectivity index (χ1v) is 8.59. The summed E-state index contributed by atoms with van der Waals surface area (Å²) in [7, 11) is 1.57. The molecule has 1 saturated heterocycles. The Kier molecular flexibility index (Phi) is 8.18. The number of aliphatic carboxylic acids is 1.